The highest BCUT2D eigenvalue weighted by molar-refractivity contribution is 7.21. The van der Waals surface area contributed by atoms with Gasteiger partial charge in [0.1, 0.15) is 15.4 Å². The molecule has 0 aliphatic heterocycles. The van der Waals surface area contributed by atoms with Gasteiger partial charge in [-0.25, -0.2) is 13.8 Å². The largest absolute Gasteiger partial charge is 0.365 e. The van der Waals surface area contributed by atoms with E-state index in [4.69, 9.17) is 5.73 Å². The molecule has 0 fully saturated rings. The number of rotatable bonds is 6. The molecule has 0 aliphatic rings. The summed E-state index contributed by atoms with van der Waals surface area (Å²) in [5.74, 6) is -1.29. The summed E-state index contributed by atoms with van der Waals surface area (Å²) in [4.78, 5) is 29.2. The van der Waals surface area contributed by atoms with Crippen LogP contribution in [0.3, 0.4) is 0 Å². The fourth-order valence-corrected chi connectivity index (χ4v) is 4.22. The van der Waals surface area contributed by atoms with Crippen LogP contribution >= 0.6 is 11.3 Å². The van der Waals surface area contributed by atoms with Gasteiger partial charge in [0.25, 0.3) is 18.2 Å². The van der Waals surface area contributed by atoms with Crippen molar-refractivity contribution >= 4 is 39.1 Å². The summed E-state index contributed by atoms with van der Waals surface area (Å²) in [5, 5.41) is 7.17. The molecular weight excluding hydrogens is 424 g/mol. The number of aromatic nitrogens is 3. The van der Waals surface area contributed by atoms with Gasteiger partial charge in [0.15, 0.2) is 0 Å². The van der Waals surface area contributed by atoms with Crippen molar-refractivity contribution in [1.82, 2.24) is 14.8 Å². The molecule has 0 atom stereocenters. The van der Waals surface area contributed by atoms with Crippen LogP contribution in [0.25, 0.3) is 21.3 Å². The van der Waals surface area contributed by atoms with Crippen LogP contribution in [0.4, 0.5) is 14.5 Å². The Morgan fingerprint density at radius 3 is 2.61 bits per heavy atom. The molecule has 4 rings (SSSR count). The van der Waals surface area contributed by atoms with Gasteiger partial charge < -0.3 is 11.1 Å². The zero-order chi connectivity index (χ0) is 22.1. The summed E-state index contributed by atoms with van der Waals surface area (Å²) in [6, 6.07) is 10.1. The number of amides is 2. The van der Waals surface area contributed by atoms with Crippen LogP contribution in [-0.2, 0) is 6.54 Å². The Bertz CT molecular complexity index is 1280. The van der Waals surface area contributed by atoms with E-state index in [1.54, 1.807) is 41.2 Å². The van der Waals surface area contributed by atoms with Crippen LogP contribution < -0.4 is 11.1 Å². The second kappa shape index (κ2) is 8.23. The van der Waals surface area contributed by atoms with Gasteiger partial charge in [-0.2, -0.15) is 5.10 Å². The van der Waals surface area contributed by atoms with Gasteiger partial charge in [-0.3, -0.25) is 14.3 Å². The molecule has 0 saturated heterocycles. The lowest BCUT2D eigenvalue weighted by Crippen LogP contribution is -2.16. The lowest BCUT2D eigenvalue weighted by Gasteiger charge is -2.10. The fraction of sp³-hybridized carbons (Fsp3) is 0.143. The zero-order valence-electron chi connectivity index (χ0n) is 16.3. The standard InChI is InChI=1S/C21H17F2N5O2S/c1-2-28-10-12(9-25-28)20(30)27-16-15-13(11-6-4-3-5-7-11)8-14(18(22)23)26-21(15)31-17(16)19(24)29/h3-10,18H,2H2,1H3,(H2,24,29)(H,27,30). The third-order valence-electron chi connectivity index (χ3n) is 4.67. The normalized spacial score (nSPS) is 11.2. The lowest BCUT2D eigenvalue weighted by molar-refractivity contribution is 0.100. The maximum absolute atomic E-state index is 13.5. The molecule has 7 nitrogen and oxygen atoms in total. The Morgan fingerprint density at radius 1 is 1.26 bits per heavy atom. The molecule has 0 saturated carbocycles. The first kappa shape index (κ1) is 20.6. The summed E-state index contributed by atoms with van der Waals surface area (Å²) in [6.07, 6.45) is 0.172. The quantitative estimate of drug-likeness (QED) is 0.461. The van der Waals surface area contributed by atoms with E-state index in [0.717, 1.165) is 11.3 Å². The maximum atomic E-state index is 13.5. The number of alkyl halides is 2. The molecule has 4 aromatic rings. The molecule has 3 aromatic heterocycles. The van der Waals surface area contributed by atoms with Gasteiger partial charge in [0.2, 0.25) is 0 Å². The van der Waals surface area contributed by atoms with E-state index in [-0.39, 0.29) is 21.0 Å². The molecule has 3 N–H and O–H groups in total. The van der Waals surface area contributed by atoms with Gasteiger partial charge in [-0.15, -0.1) is 11.3 Å². The van der Waals surface area contributed by atoms with Crippen LogP contribution in [0.2, 0.25) is 0 Å². The first-order valence-electron chi connectivity index (χ1n) is 9.33. The molecule has 1 aromatic carbocycles. The zero-order valence-corrected chi connectivity index (χ0v) is 17.1. The third kappa shape index (κ3) is 3.89. The number of nitrogens with zero attached hydrogens (tertiary/aromatic N) is 3. The van der Waals surface area contributed by atoms with Crippen molar-refractivity contribution in [3.8, 4) is 11.1 Å². The Hall–Kier alpha value is -3.66. The molecule has 3 heterocycles. The van der Waals surface area contributed by atoms with Crippen molar-refractivity contribution in [2.45, 2.75) is 19.9 Å². The van der Waals surface area contributed by atoms with Gasteiger partial charge in [-0.1, -0.05) is 30.3 Å². The summed E-state index contributed by atoms with van der Waals surface area (Å²) >= 11 is 0.865. The Morgan fingerprint density at radius 2 is 2.00 bits per heavy atom. The van der Waals surface area contributed by atoms with Crippen molar-refractivity contribution < 1.29 is 18.4 Å². The summed E-state index contributed by atoms with van der Waals surface area (Å²) in [7, 11) is 0. The van der Waals surface area contributed by atoms with E-state index in [1.165, 1.54) is 12.3 Å². The van der Waals surface area contributed by atoms with Gasteiger partial charge in [0.05, 0.1) is 17.4 Å². The molecule has 2 amide bonds. The number of aryl methyl sites for hydroxylation is 1. The number of halogens is 2. The number of anilines is 1. The third-order valence-corrected chi connectivity index (χ3v) is 5.77. The van der Waals surface area contributed by atoms with Crippen molar-refractivity contribution in [3.63, 3.8) is 0 Å². The van der Waals surface area contributed by atoms with E-state index in [0.29, 0.717) is 23.1 Å². The minimum absolute atomic E-state index is 0.0299. The highest BCUT2D eigenvalue weighted by Gasteiger charge is 2.25. The minimum atomic E-state index is -2.80. The predicted octanol–water partition coefficient (Wildman–Crippen LogP) is 4.47. The maximum Gasteiger partial charge on any atom is 0.280 e. The average molecular weight is 441 g/mol. The molecule has 0 radical (unpaired) electrons. The van der Waals surface area contributed by atoms with Gasteiger partial charge in [-0.05, 0) is 24.1 Å². The van der Waals surface area contributed by atoms with Gasteiger partial charge >= 0.3 is 0 Å². The SMILES string of the molecule is CCn1cc(C(=O)Nc2c(C(N)=O)sc3nc(C(F)F)cc(-c4ccccc4)c23)cn1. The Balaban J connectivity index is 1.93. The van der Waals surface area contributed by atoms with E-state index in [1.807, 2.05) is 6.92 Å². The second-order valence-electron chi connectivity index (χ2n) is 6.65. The summed E-state index contributed by atoms with van der Waals surface area (Å²) in [5.41, 5.74) is 6.60. The van der Waals surface area contributed by atoms with Crippen LogP contribution in [0, 0.1) is 0 Å². The summed E-state index contributed by atoms with van der Waals surface area (Å²) < 4.78 is 28.6. The summed E-state index contributed by atoms with van der Waals surface area (Å²) in [6.45, 7) is 2.46. The molecule has 31 heavy (non-hydrogen) atoms. The van der Waals surface area contributed by atoms with Gasteiger partial charge in [0, 0.05) is 18.1 Å². The van der Waals surface area contributed by atoms with Crippen molar-refractivity contribution in [2.75, 3.05) is 5.32 Å². The first-order chi connectivity index (χ1) is 14.9. The number of hydrogen-bond acceptors (Lipinski definition) is 5. The van der Waals surface area contributed by atoms with Crippen LogP contribution in [-0.4, -0.2) is 26.6 Å². The van der Waals surface area contributed by atoms with Crippen molar-refractivity contribution in [2.24, 2.45) is 5.73 Å². The van der Waals surface area contributed by atoms with E-state index in [9.17, 15) is 18.4 Å². The predicted molar refractivity (Wildman–Crippen MR) is 114 cm³/mol. The highest BCUT2D eigenvalue weighted by atomic mass is 32.1. The number of pyridine rings is 1. The van der Waals surface area contributed by atoms with Crippen molar-refractivity contribution in [1.29, 1.82) is 0 Å². The number of nitrogens with one attached hydrogen (secondary N) is 1. The second-order valence-corrected chi connectivity index (χ2v) is 7.65. The highest BCUT2D eigenvalue weighted by Crippen LogP contribution is 2.42. The average Bonchev–Trinajstić information content (AvgIpc) is 3.39. The van der Waals surface area contributed by atoms with Crippen LogP contribution in [0.15, 0.2) is 48.8 Å². The number of carbonyl (C=O) groups is 2. The smallest absolute Gasteiger partial charge is 0.280 e. The number of thiophene rings is 1. The molecule has 0 unspecified atom stereocenters. The minimum Gasteiger partial charge on any atom is -0.365 e. The number of hydrogen-bond donors (Lipinski definition) is 2. The van der Waals surface area contributed by atoms with E-state index in [2.05, 4.69) is 15.4 Å². The molecule has 158 valence electrons. The van der Waals surface area contributed by atoms with Crippen molar-refractivity contribution in [3.05, 3.63) is 64.9 Å². The number of nitrogens with two attached hydrogens (primary N) is 1. The van der Waals surface area contributed by atoms with Crippen LogP contribution in [0.5, 0.6) is 0 Å². The van der Waals surface area contributed by atoms with E-state index >= 15 is 0 Å². The molecule has 0 bridgehead atoms. The molecule has 0 spiro atoms. The molecule has 10 heteroatoms. The number of carbonyl (C=O) groups excluding carboxylic acids is 2. The number of fused-ring (bicyclic) bond motifs is 1. The number of primary amides is 1. The van der Waals surface area contributed by atoms with Crippen LogP contribution in [0.1, 0.15) is 39.1 Å². The topological polar surface area (TPSA) is 103 Å². The Labute approximate surface area is 179 Å². The fourth-order valence-electron chi connectivity index (χ4n) is 3.21. The lowest BCUT2D eigenvalue weighted by atomic mass is 10.0. The monoisotopic (exact) mass is 441 g/mol. The molecule has 0 aliphatic carbocycles. The van der Waals surface area contributed by atoms with E-state index < -0.39 is 23.9 Å². The molecular formula is C21H17F2N5O2S. The Kier molecular flexibility index (Phi) is 5.47. The first-order valence-corrected chi connectivity index (χ1v) is 10.1. The number of benzene rings is 1.